The summed E-state index contributed by atoms with van der Waals surface area (Å²) in [5, 5.41) is 8.29. The third-order valence-electron chi connectivity index (χ3n) is 2.91. The lowest BCUT2D eigenvalue weighted by Crippen LogP contribution is -2.36. The van der Waals surface area contributed by atoms with Gasteiger partial charge in [0.2, 0.25) is 0 Å². The van der Waals surface area contributed by atoms with Gasteiger partial charge in [-0.3, -0.25) is 14.3 Å². The van der Waals surface area contributed by atoms with Crippen molar-refractivity contribution in [1.29, 1.82) is 0 Å². The zero-order chi connectivity index (χ0) is 17.0. The van der Waals surface area contributed by atoms with Crippen molar-refractivity contribution < 1.29 is 22.8 Å². The summed E-state index contributed by atoms with van der Waals surface area (Å²) >= 11 is 0. The van der Waals surface area contributed by atoms with E-state index >= 15 is 0 Å². The number of halogens is 3. The standard InChI is InChI=1S/C14H13F3N4O2/c1-21-7-8(6-19-21)2-3-18-13(22)14(23)20-9-4-10(15)12(17)11(16)5-9/h4-7H,2-3H2,1H3,(H,18,22)(H,20,23). The number of anilines is 1. The molecule has 23 heavy (non-hydrogen) atoms. The average Bonchev–Trinajstić information content (AvgIpc) is 2.90. The molecule has 1 aromatic carbocycles. The van der Waals surface area contributed by atoms with E-state index in [1.165, 1.54) is 0 Å². The van der Waals surface area contributed by atoms with E-state index in [4.69, 9.17) is 0 Å². The van der Waals surface area contributed by atoms with Crippen LogP contribution in [0.1, 0.15) is 5.56 Å². The van der Waals surface area contributed by atoms with Gasteiger partial charge in [0, 0.05) is 37.6 Å². The van der Waals surface area contributed by atoms with E-state index in [1.54, 1.807) is 24.1 Å². The van der Waals surface area contributed by atoms with E-state index in [-0.39, 0.29) is 12.2 Å². The maximum absolute atomic E-state index is 13.0. The maximum Gasteiger partial charge on any atom is 0.313 e. The highest BCUT2D eigenvalue weighted by Crippen LogP contribution is 2.17. The van der Waals surface area contributed by atoms with Crippen molar-refractivity contribution in [3.05, 3.63) is 47.5 Å². The summed E-state index contributed by atoms with van der Waals surface area (Å²) in [6.07, 6.45) is 3.85. The van der Waals surface area contributed by atoms with E-state index in [1.807, 2.05) is 5.32 Å². The number of aromatic nitrogens is 2. The van der Waals surface area contributed by atoms with E-state index in [9.17, 15) is 22.8 Å². The van der Waals surface area contributed by atoms with Crippen molar-refractivity contribution in [1.82, 2.24) is 15.1 Å². The Bertz CT molecular complexity index is 722. The topological polar surface area (TPSA) is 76.0 Å². The van der Waals surface area contributed by atoms with Crippen LogP contribution in [0.5, 0.6) is 0 Å². The third-order valence-corrected chi connectivity index (χ3v) is 2.91. The first kappa shape index (κ1) is 16.5. The quantitative estimate of drug-likeness (QED) is 0.653. The molecule has 122 valence electrons. The molecule has 0 aliphatic heterocycles. The summed E-state index contributed by atoms with van der Waals surface area (Å²) in [6, 6.07) is 1.17. The van der Waals surface area contributed by atoms with Crippen LogP contribution in [0.25, 0.3) is 0 Å². The Morgan fingerprint density at radius 3 is 2.39 bits per heavy atom. The Labute approximate surface area is 129 Å². The predicted octanol–water partition coefficient (Wildman–Crippen LogP) is 1.13. The van der Waals surface area contributed by atoms with Gasteiger partial charge >= 0.3 is 11.8 Å². The van der Waals surface area contributed by atoms with Gasteiger partial charge in [0.15, 0.2) is 17.5 Å². The molecule has 0 saturated carbocycles. The first-order valence-corrected chi connectivity index (χ1v) is 6.58. The van der Waals surface area contributed by atoms with Crippen LogP contribution >= 0.6 is 0 Å². The summed E-state index contributed by atoms with van der Waals surface area (Å²) in [6.45, 7) is 0.185. The first-order chi connectivity index (χ1) is 10.9. The molecular weight excluding hydrogens is 313 g/mol. The molecule has 0 spiro atoms. The molecule has 2 aromatic rings. The molecule has 1 heterocycles. The Morgan fingerprint density at radius 1 is 1.17 bits per heavy atom. The van der Waals surface area contributed by atoms with Crippen LogP contribution in [0.2, 0.25) is 0 Å². The number of carbonyl (C=O) groups excluding carboxylic acids is 2. The number of hydrogen-bond donors (Lipinski definition) is 2. The van der Waals surface area contributed by atoms with Gasteiger partial charge in [-0.2, -0.15) is 5.10 Å². The number of hydrogen-bond acceptors (Lipinski definition) is 3. The number of amides is 2. The van der Waals surface area contributed by atoms with Crippen molar-refractivity contribution in [2.45, 2.75) is 6.42 Å². The van der Waals surface area contributed by atoms with Gasteiger partial charge < -0.3 is 10.6 Å². The Hall–Kier alpha value is -2.84. The molecular formula is C14H13F3N4O2. The predicted molar refractivity (Wildman–Crippen MR) is 74.9 cm³/mol. The number of nitrogens with zero attached hydrogens (tertiary/aromatic N) is 2. The van der Waals surface area contributed by atoms with Crippen LogP contribution in [0, 0.1) is 17.5 Å². The average molecular weight is 326 g/mol. The molecule has 0 aliphatic carbocycles. The second-order valence-electron chi connectivity index (χ2n) is 4.74. The summed E-state index contributed by atoms with van der Waals surface area (Å²) in [5.41, 5.74) is 0.518. The molecule has 2 amide bonds. The van der Waals surface area contributed by atoms with Crippen LogP contribution in [-0.2, 0) is 23.1 Å². The summed E-state index contributed by atoms with van der Waals surface area (Å²) in [5.74, 6) is -6.65. The van der Waals surface area contributed by atoms with E-state index < -0.39 is 29.3 Å². The molecule has 0 radical (unpaired) electrons. The summed E-state index contributed by atoms with van der Waals surface area (Å²) in [4.78, 5) is 23.2. The van der Waals surface area contributed by atoms with Crippen LogP contribution in [0.4, 0.5) is 18.9 Å². The van der Waals surface area contributed by atoms with Gasteiger partial charge in [-0.1, -0.05) is 0 Å². The highest BCUT2D eigenvalue weighted by atomic mass is 19.2. The Kier molecular flexibility index (Phi) is 4.99. The van der Waals surface area contributed by atoms with E-state index in [0.717, 1.165) is 5.56 Å². The van der Waals surface area contributed by atoms with Crippen molar-refractivity contribution >= 4 is 17.5 Å². The lowest BCUT2D eigenvalue weighted by Gasteiger charge is -2.07. The van der Waals surface area contributed by atoms with Crippen LogP contribution in [0.15, 0.2) is 24.5 Å². The first-order valence-electron chi connectivity index (χ1n) is 6.58. The molecule has 0 bridgehead atoms. The lowest BCUT2D eigenvalue weighted by molar-refractivity contribution is -0.136. The molecule has 0 atom stereocenters. The monoisotopic (exact) mass is 326 g/mol. The molecule has 0 saturated heterocycles. The smallest absolute Gasteiger partial charge is 0.313 e. The van der Waals surface area contributed by atoms with Crippen molar-refractivity contribution in [3.63, 3.8) is 0 Å². The number of aryl methyl sites for hydroxylation is 1. The zero-order valence-corrected chi connectivity index (χ0v) is 12.1. The molecule has 9 heteroatoms. The van der Waals surface area contributed by atoms with Gasteiger partial charge in [0.1, 0.15) is 0 Å². The molecule has 2 N–H and O–H groups in total. The van der Waals surface area contributed by atoms with E-state index in [0.29, 0.717) is 18.6 Å². The fraction of sp³-hybridized carbons (Fsp3) is 0.214. The second-order valence-corrected chi connectivity index (χ2v) is 4.74. The molecule has 1 aromatic heterocycles. The minimum absolute atomic E-state index is 0.185. The minimum Gasteiger partial charge on any atom is -0.347 e. The molecule has 0 aliphatic rings. The number of carbonyl (C=O) groups is 2. The minimum atomic E-state index is -1.65. The Balaban J connectivity index is 1.86. The number of rotatable bonds is 4. The summed E-state index contributed by atoms with van der Waals surface area (Å²) in [7, 11) is 1.75. The highest BCUT2D eigenvalue weighted by molar-refractivity contribution is 6.39. The molecule has 2 rings (SSSR count). The maximum atomic E-state index is 13.0. The molecule has 0 unspecified atom stereocenters. The van der Waals surface area contributed by atoms with Crippen molar-refractivity contribution in [2.75, 3.05) is 11.9 Å². The SMILES string of the molecule is Cn1cc(CCNC(=O)C(=O)Nc2cc(F)c(F)c(F)c2)cn1. The van der Waals surface area contributed by atoms with Gasteiger partial charge in [0.25, 0.3) is 0 Å². The number of nitrogens with one attached hydrogen (secondary N) is 2. The third kappa shape index (κ3) is 4.31. The summed E-state index contributed by atoms with van der Waals surface area (Å²) < 4.78 is 40.4. The van der Waals surface area contributed by atoms with Crippen molar-refractivity contribution in [2.24, 2.45) is 7.05 Å². The van der Waals surface area contributed by atoms with Crippen LogP contribution < -0.4 is 10.6 Å². The lowest BCUT2D eigenvalue weighted by atomic mass is 10.2. The zero-order valence-electron chi connectivity index (χ0n) is 12.1. The van der Waals surface area contributed by atoms with Gasteiger partial charge in [-0.25, -0.2) is 13.2 Å². The van der Waals surface area contributed by atoms with Gasteiger partial charge in [0.05, 0.1) is 6.20 Å². The fourth-order valence-electron chi connectivity index (χ4n) is 1.82. The van der Waals surface area contributed by atoms with Crippen molar-refractivity contribution in [3.8, 4) is 0 Å². The van der Waals surface area contributed by atoms with E-state index in [2.05, 4.69) is 10.4 Å². The molecule has 0 fully saturated rings. The fourth-order valence-corrected chi connectivity index (χ4v) is 1.82. The van der Waals surface area contributed by atoms with Crippen LogP contribution in [0.3, 0.4) is 0 Å². The van der Waals surface area contributed by atoms with Gasteiger partial charge in [-0.05, 0) is 12.0 Å². The highest BCUT2D eigenvalue weighted by Gasteiger charge is 2.16. The van der Waals surface area contributed by atoms with Gasteiger partial charge in [-0.15, -0.1) is 0 Å². The second kappa shape index (κ2) is 6.95. The van der Waals surface area contributed by atoms with Crippen LogP contribution in [-0.4, -0.2) is 28.1 Å². The normalized spacial score (nSPS) is 10.4. The number of benzene rings is 1. The molecule has 6 nitrogen and oxygen atoms in total. The largest absolute Gasteiger partial charge is 0.347 e. The Morgan fingerprint density at radius 2 is 1.83 bits per heavy atom.